The number of carboxylic acids is 2. The number of nitrogen functional groups attached to an aromatic ring is 5. The molecule has 0 bridgehead atoms. The number of rotatable bonds is 7. The number of hydrogen-bond donors (Lipinski definition) is 9. The second kappa shape index (κ2) is 15.7. The van der Waals surface area contributed by atoms with E-state index >= 15 is 0 Å². The molecule has 1 aliphatic carbocycles. The van der Waals surface area contributed by atoms with Crippen molar-refractivity contribution in [1.29, 1.82) is 0 Å². The number of nitrogens with zero attached hydrogens (tertiary/aromatic N) is 1. The van der Waals surface area contributed by atoms with Crippen molar-refractivity contribution in [3.05, 3.63) is 71.7 Å². The minimum atomic E-state index is -1.07. The van der Waals surface area contributed by atoms with Gasteiger partial charge in [0.2, 0.25) is 0 Å². The van der Waals surface area contributed by atoms with E-state index in [9.17, 15) is 9.59 Å². The smallest absolute Gasteiger partial charge is 0.321 e. The Bertz CT molecular complexity index is 1040. The van der Waals surface area contributed by atoms with Crippen molar-refractivity contribution in [2.75, 3.05) is 28.7 Å². The zero-order valence-electron chi connectivity index (χ0n) is 19.5. The predicted molar refractivity (Wildman–Crippen MR) is 146 cm³/mol. The van der Waals surface area contributed by atoms with Crippen molar-refractivity contribution in [3.63, 3.8) is 0 Å². The van der Waals surface area contributed by atoms with Crippen LogP contribution in [0.15, 0.2) is 71.7 Å². The second-order valence-corrected chi connectivity index (χ2v) is 8.19. The lowest BCUT2D eigenvalue weighted by Crippen LogP contribution is -2.32. The van der Waals surface area contributed by atoms with Gasteiger partial charge in [0, 0.05) is 23.1 Å². The molecule has 13 heteroatoms. The standard InChI is InChI=1S/C12H16N2O4S.C6H7N.C5H9N5/c13-8-2-1-3-9(5-4-8)19-14-10(12(17)18)6-7-11(15)16;7-6-4-2-1-3-5-6;6-2-1-3(7)5(9)10-4(2)8/h1-5,8,10,14H,6-7,13H2,(H,15,16)(H,17,18);1-5H,7H2;1H,6-7H2,(H4,8,9,10)/t8?,10-;;/m1../s1. The molecular weight excluding hydrogens is 484 g/mol. The number of aromatic nitrogens is 1. The predicted octanol–water partition coefficient (Wildman–Crippen LogP) is 1.56. The van der Waals surface area contributed by atoms with E-state index in [1.165, 1.54) is 6.07 Å². The maximum atomic E-state index is 11.0. The summed E-state index contributed by atoms with van der Waals surface area (Å²) in [5.74, 6) is -1.65. The quantitative estimate of drug-likeness (QED) is 0.187. The molecule has 1 aromatic heterocycles. The number of carboxylic acid groups (broad SMARTS) is 2. The molecule has 3 rings (SSSR count). The molecule has 1 aliphatic rings. The molecule has 15 N–H and O–H groups in total. The third-order valence-corrected chi connectivity index (χ3v) is 5.19. The molecule has 0 saturated heterocycles. The molecule has 194 valence electrons. The largest absolute Gasteiger partial charge is 0.481 e. The van der Waals surface area contributed by atoms with Gasteiger partial charge >= 0.3 is 11.9 Å². The molecule has 0 aliphatic heterocycles. The number of anilines is 5. The van der Waals surface area contributed by atoms with Gasteiger partial charge in [-0.05, 0) is 48.7 Å². The molecule has 2 aromatic rings. The van der Waals surface area contributed by atoms with Crippen LogP contribution in [0.5, 0.6) is 0 Å². The first kappa shape index (κ1) is 29.8. The average molecular weight is 517 g/mol. The van der Waals surface area contributed by atoms with Crippen LogP contribution in [0.25, 0.3) is 0 Å². The second-order valence-electron chi connectivity index (χ2n) is 7.28. The molecule has 0 amide bonds. The van der Waals surface area contributed by atoms with Gasteiger partial charge in [0.05, 0.1) is 11.4 Å². The van der Waals surface area contributed by atoms with Gasteiger partial charge in [-0.2, -0.15) is 0 Å². The van der Waals surface area contributed by atoms with Crippen LogP contribution in [0.3, 0.4) is 0 Å². The van der Waals surface area contributed by atoms with E-state index < -0.39 is 18.0 Å². The molecule has 0 radical (unpaired) electrons. The van der Waals surface area contributed by atoms with E-state index in [1.54, 1.807) is 24.3 Å². The monoisotopic (exact) mass is 516 g/mol. The summed E-state index contributed by atoms with van der Waals surface area (Å²) in [7, 11) is 0. The molecule has 12 nitrogen and oxygen atoms in total. The fourth-order valence-corrected chi connectivity index (χ4v) is 3.13. The molecular formula is C23H32N8O4S. The van der Waals surface area contributed by atoms with E-state index in [-0.39, 0.29) is 30.5 Å². The number of pyridine rings is 1. The van der Waals surface area contributed by atoms with Crippen molar-refractivity contribution in [1.82, 2.24) is 9.71 Å². The summed E-state index contributed by atoms with van der Waals surface area (Å²) in [6, 6.07) is 9.91. The Morgan fingerprint density at radius 1 is 1.00 bits per heavy atom. The number of allylic oxidation sites excluding steroid dienone is 3. The molecule has 36 heavy (non-hydrogen) atoms. The van der Waals surface area contributed by atoms with Crippen LogP contribution in [0.2, 0.25) is 0 Å². The Morgan fingerprint density at radius 3 is 2.08 bits per heavy atom. The number of nitrogens with one attached hydrogen (secondary N) is 1. The van der Waals surface area contributed by atoms with Crippen LogP contribution in [0.4, 0.5) is 28.7 Å². The van der Waals surface area contributed by atoms with Crippen LogP contribution in [0.1, 0.15) is 12.8 Å². The summed E-state index contributed by atoms with van der Waals surface area (Å²) in [5, 5.41) is 17.5. The zero-order valence-corrected chi connectivity index (χ0v) is 20.3. The number of benzene rings is 1. The van der Waals surface area contributed by atoms with Gasteiger partial charge in [-0.1, -0.05) is 36.4 Å². The van der Waals surface area contributed by atoms with E-state index in [0.29, 0.717) is 11.4 Å². The minimum Gasteiger partial charge on any atom is -0.481 e. The maximum absolute atomic E-state index is 11.0. The van der Waals surface area contributed by atoms with E-state index in [0.717, 1.165) is 22.5 Å². The van der Waals surface area contributed by atoms with Crippen LogP contribution in [0, 0.1) is 0 Å². The normalized spacial score (nSPS) is 14.7. The van der Waals surface area contributed by atoms with Crippen LogP contribution in [-0.2, 0) is 9.59 Å². The highest BCUT2D eigenvalue weighted by Crippen LogP contribution is 2.20. The molecule has 0 saturated carbocycles. The van der Waals surface area contributed by atoms with Crippen LogP contribution in [-0.4, -0.2) is 39.2 Å². The lowest BCUT2D eigenvalue weighted by molar-refractivity contribution is -0.140. The van der Waals surface area contributed by atoms with Crippen LogP contribution < -0.4 is 39.1 Å². The Kier molecular flexibility index (Phi) is 13.0. The number of hydrogen-bond acceptors (Lipinski definition) is 11. The topological polar surface area (TPSA) is 256 Å². The van der Waals surface area contributed by atoms with Crippen LogP contribution >= 0.6 is 11.9 Å². The van der Waals surface area contributed by atoms with Gasteiger partial charge in [0.25, 0.3) is 0 Å². The van der Waals surface area contributed by atoms with Gasteiger partial charge in [0.1, 0.15) is 17.7 Å². The van der Waals surface area contributed by atoms with E-state index in [1.807, 2.05) is 36.4 Å². The van der Waals surface area contributed by atoms with Gasteiger partial charge in [-0.3, -0.25) is 9.59 Å². The summed E-state index contributed by atoms with van der Waals surface area (Å²) in [5.41, 5.74) is 33.9. The van der Waals surface area contributed by atoms with Crippen molar-refractivity contribution < 1.29 is 19.8 Å². The average Bonchev–Trinajstić information content (AvgIpc) is 3.03. The molecule has 1 heterocycles. The first-order valence-electron chi connectivity index (χ1n) is 10.6. The van der Waals surface area contributed by atoms with Crippen molar-refractivity contribution in [2.24, 2.45) is 5.73 Å². The van der Waals surface area contributed by atoms with E-state index in [2.05, 4.69) is 9.71 Å². The fourth-order valence-electron chi connectivity index (χ4n) is 2.34. The summed E-state index contributed by atoms with van der Waals surface area (Å²) < 4.78 is 2.75. The molecule has 0 spiro atoms. The lowest BCUT2D eigenvalue weighted by atomic mass is 10.2. The fraction of sp³-hybridized carbons (Fsp3) is 0.174. The summed E-state index contributed by atoms with van der Waals surface area (Å²) in [4.78, 5) is 25.9. The summed E-state index contributed by atoms with van der Waals surface area (Å²) in [6.45, 7) is 0. The first-order chi connectivity index (χ1) is 17.0. The number of carbonyl (C=O) groups is 2. The lowest BCUT2D eigenvalue weighted by Gasteiger charge is -2.12. The third kappa shape index (κ3) is 12.3. The summed E-state index contributed by atoms with van der Waals surface area (Å²) >= 11 is 1.14. The van der Waals surface area contributed by atoms with Crippen molar-refractivity contribution in [2.45, 2.75) is 24.9 Å². The zero-order chi connectivity index (χ0) is 27.1. The molecule has 0 fully saturated rings. The number of aliphatic carboxylic acids is 2. The third-order valence-electron chi connectivity index (χ3n) is 4.28. The highest BCUT2D eigenvalue weighted by molar-refractivity contribution is 8.01. The molecule has 2 atom stereocenters. The molecule has 1 unspecified atom stereocenters. The Hall–Kier alpha value is -4.20. The number of nitrogens with two attached hydrogens (primary N) is 6. The Labute approximate surface area is 213 Å². The minimum absolute atomic E-state index is 0.0318. The number of para-hydroxylation sites is 1. The van der Waals surface area contributed by atoms with Gasteiger partial charge < -0.3 is 44.6 Å². The van der Waals surface area contributed by atoms with Gasteiger partial charge in [-0.15, -0.1) is 0 Å². The first-order valence-corrected chi connectivity index (χ1v) is 11.4. The Morgan fingerprint density at radius 2 is 1.61 bits per heavy atom. The highest BCUT2D eigenvalue weighted by Gasteiger charge is 2.18. The van der Waals surface area contributed by atoms with Crippen molar-refractivity contribution >= 4 is 52.6 Å². The van der Waals surface area contributed by atoms with Gasteiger partial charge in [-0.25, -0.2) is 9.71 Å². The summed E-state index contributed by atoms with van der Waals surface area (Å²) in [6.07, 6.45) is 8.83. The Balaban J connectivity index is 0.000000314. The highest BCUT2D eigenvalue weighted by atomic mass is 32.2. The SMILES string of the molecule is NC1C=CC=C(SN[C@H](CCC(=O)O)C(=O)O)C=C1.Nc1cc(N)c(N)nc1N.Nc1ccccc1. The van der Waals surface area contributed by atoms with Gasteiger partial charge in [0.15, 0.2) is 0 Å². The van der Waals surface area contributed by atoms with E-state index in [4.69, 9.17) is 44.6 Å². The molecule has 1 aromatic carbocycles. The maximum Gasteiger partial charge on any atom is 0.321 e. The van der Waals surface area contributed by atoms with Crippen molar-refractivity contribution in [3.8, 4) is 0 Å².